The van der Waals surface area contributed by atoms with Gasteiger partial charge in [-0.1, -0.05) is 133 Å². The Morgan fingerprint density at radius 3 is 1.63 bits per heavy atom. The summed E-state index contributed by atoms with van der Waals surface area (Å²) in [5, 5.41) is 3.98. The summed E-state index contributed by atoms with van der Waals surface area (Å²) in [5.74, 6) is 1.81. The van der Waals surface area contributed by atoms with Crippen LogP contribution in [0.3, 0.4) is 0 Å². The molecular formula is C44H26N6O. The van der Waals surface area contributed by atoms with Crippen LogP contribution in [0.15, 0.2) is 163 Å². The topological polar surface area (TPSA) is 90.5 Å². The van der Waals surface area contributed by atoms with Crippen molar-refractivity contribution in [3.8, 4) is 56.5 Å². The number of para-hydroxylation sites is 1. The zero-order valence-corrected chi connectivity index (χ0v) is 27.1. The van der Waals surface area contributed by atoms with Crippen LogP contribution in [0.25, 0.3) is 100 Å². The Kier molecular flexibility index (Phi) is 6.67. The Balaban J connectivity index is 1.09. The van der Waals surface area contributed by atoms with Gasteiger partial charge in [-0.05, 0) is 23.3 Å². The van der Waals surface area contributed by atoms with E-state index in [4.69, 9.17) is 24.4 Å². The van der Waals surface area contributed by atoms with Crippen molar-refractivity contribution in [2.24, 2.45) is 0 Å². The zero-order chi connectivity index (χ0) is 33.7. The number of furan rings is 1. The first-order valence-electron chi connectivity index (χ1n) is 16.7. The van der Waals surface area contributed by atoms with Crippen LogP contribution < -0.4 is 0 Å². The fraction of sp³-hybridized carbons (Fsp3) is 0. The van der Waals surface area contributed by atoms with Crippen molar-refractivity contribution in [2.45, 2.75) is 0 Å². The minimum Gasteiger partial charge on any atom is -0.455 e. The summed E-state index contributed by atoms with van der Waals surface area (Å²) >= 11 is 0. The van der Waals surface area contributed by atoms with Crippen molar-refractivity contribution in [2.75, 3.05) is 0 Å². The first kappa shape index (κ1) is 28.9. The number of rotatable bonds is 5. The van der Waals surface area contributed by atoms with E-state index in [0.29, 0.717) is 23.0 Å². The maximum absolute atomic E-state index is 6.46. The highest BCUT2D eigenvalue weighted by atomic mass is 16.3. The van der Waals surface area contributed by atoms with Gasteiger partial charge in [0.1, 0.15) is 28.5 Å². The zero-order valence-electron chi connectivity index (χ0n) is 27.1. The van der Waals surface area contributed by atoms with E-state index in [9.17, 15) is 0 Å². The van der Waals surface area contributed by atoms with Crippen LogP contribution in [-0.4, -0.2) is 29.9 Å². The lowest BCUT2D eigenvalue weighted by atomic mass is 9.99. The summed E-state index contributed by atoms with van der Waals surface area (Å²) in [7, 11) is 0. The van der Waals surface area contributed by atoms with Crippen LogP contribution >= 0.6 is 0 Å². The summed E-state index contributed by atoms with van der Waals surface area (Å²) in [5.41, 5.74) is 9.85. The molecule has 0 N–H and O–H groups in total. The van der Waals surface area contributed by atoms with Crippen LogP contribution in [0, 0.1) is 0 Å². The van der Waals surface area contributed by atoms with Gasteiger partial charge in [0.2, 0.25) is 0 Å². The van der Waals surface area contributed by atoms with E-state index in [0.717, 1.165) is 77.3 Å². The van der Waals surface area contributed by atoms with E-state index in [1.807, 2.05) is 78.9 Å². The smallest absolute Gasteiger partial charge is 0.164 e. The summed E-state index contributed by atoms with van der Waals surface area (Å²) in [6.45, 7) is 0. The van der Waals surface area contributed by atoms with Gasteiger partial charge in [0.25, 0.3) is 0 Å². The van der Waals surface area contributed by atoms with Crippen LogP contribution in [0.4, 0.5) is 0 Å². The van der Waals surface area contributed by atoms with Crippen molar-refractivity contribution in [1.29, 1.82) is 0 Å². The molecule has 4 heterocycles. The molecule has 6 aromatic carbocycles. The first-order valence-corrected chi connectivity index (χ1v) is 16.7. The van der Waals surface area contributed by atoms with Gasteiger partial charge in [0, 0.05) is 38.4 Å². The third-order valence-electron chi connectivity index (χ3n) is 9.30. The van der Waals surface area contributed by atoms with Gasteiger partial charge in [-0.3, -0.25) is 0 Å². The summed E-state index contributed by atoms with van der Waals surface area (Å²) in [6.07, 6.45) is 3.31. The average molecular weight is 655 g/mol. The second-order valence-corrected chi connectivity index (χ2v) is 12.4. The van der Waals surface area contributed by atoms with Crippen molar-refractivity contribution in [1.82, 2.24) is 29.9 Å². The number of benzene rings is 6. The molecule has 0 aliphatic heterocycles. The van der Waals surface area contributed by atoms with Gasteiger partial charge >= 0.3 is 0 Å². The van der Waals surface area contributed by atoms with Gasteiger partial charge in [-0.15, -0.1) is 0 Å². The molecule has 0 bridgehead atoms. The highest BCUT2D eigenvalue weighted by Gasteiger charge is 2.19. The molecule has 0 saturated heterocycles. The van der Waals surface area contributed by atoms with Gasteiger partial charge < -0.3 is 4.42 Å². The molecule has 0 spiro atoms. The molecule has 0 radical (unpaired) electrons. The van der Waals surface area contributed by atoms with Crippen molar-refractivity contribution in [3.05, 3.63) is 158 Å². The number of nitrogens with zero attached hydrogens (tertiary/aromatic N) is 6. The van der Waals surface area contributed by atoms with Crippen molar-refractivity contribution in [3.63, 3.8) is 0 Å². The Hall–Kier alpha value is -7.12. The first-order chi connectivity index (χ1) is 25.3. The highest BCUT2D eigenvalue weighted by molar-refractivity contribution is 6.23. The number of hydrogen-bond donors (Lipinski definition) is 0. The molecule has 10 aromatic rings. The van der Waals surface area contributed by atoms with E-state index < -0.39 is 0 Å². The molecule has 0 unspecified atom stereocenters. The van der Waals surface area contributed by atoms with Gasteiger partial charge in [0.15, 0.2) is 17.5 Å². The Morgan fingerprint density at radius 2 is 0.941 bits per heavy atom. The minimum atomic E-state index is 0.589. The fourth-order valence-corrected chi connectivity index (χ4v) is 6.79. The van der Waals surface area contributed by atoms with Crippen LogP contribution in [0.2, 0.25) is 0 Å². The van der Waals surface area contributed by atoms with E-state index >= 15 is 0 Å². The van der Waals surface area contributed by atoms with Crippen molar-refractivity contribution >= 4 is 43.7 Å². The predicted molar refractivity (Wildman–Crippen MR) is 203 cm³/mol. The number of pyridine rings is 1. The summed E-state index contributed by atoms with van der Waals surface area (Å²) < 4.78 is 6.46. The standard InChI is InChI=1S/C44H26N6O/c1-3-9-27(10-4-1)28-15-19-31(20-16-28)43-48-42(30-11-5-2-6-12-30)49-44(50-43)32-21-17-29(18-22-32)39-35-24-23-34-33-13-7-8-14-37(33)51-41(34)38(35)40-36(47-39)25-45-26-46-40/h1-26H. The predicted octanol–water partition coefficient (Wildman–Crippen LogP) is 10.6. The number of fused-ring (bicyclic) bond motifs is 7. The molecule has 0 fully saturated rings. The largest absolute Gasteiger partial charge is 0.455 e. The molecule has 0 atom stereocenters. The normalized spacial score (nSPS) is 11.5. The lowest BCUT2D eigenvalue weighted by Gasteiger charge is -2.11. The molecule has 0 amide bonds. The SMILES string of the molecule is c1ccc(-c2ccc(-c3nc(-c4ccccc4)nc(-c4ccc(-c5nc6cncnc6c6c5ccc5c7ccccc7oc56)cc4)n3)cc2)cc1. The third-order valence-corrected chi connectivity index (χ3v) is 9.30. The number of hydrogen-bond acceptors (Lipinski definition) is 7. The number of aromatic nitrogens is 6. The second-order valence-electron chi connectivity index (χ2n) is 12.4. The van der Waals surface area contributed by atoms with Crippen LogP contribution in [-0.2, 0) is 0 Å². The molecule has 238 valence electrons. The summed E-state index contributed by atoms with van der Waals surface area (Å²) in [6, 6.07) is 49.2. The molecule has 10 rings (SSSR count). The lowest BCUT2D eigenvalue weighted by Crippen LogP contribution is -2.00. The summed E-state index contributed by atoms with van der Waals surface area (Å²) in [4.78, 5) is 28.9. The quantitative estimate of drug-likeness (QED) is 0.171. The maximum atomic E-state index is 6.46. The molecule has 4 aromatic heterocycles. The van der Waals surface area contributed by atoms with E-state index in [2.05, 4.69) is 76.7 Å². The molecule has 0 aliphatic carbocycles. The van der Waals surface area contributed by atoms with Crippen LogP contribution in [0.1, 0.15) is 0 Å². The third kappa shape index (κ3) is 4.99. The van der Waals surface area contributed by atoms with Gasteiger partial charge in [-0.25, -0.2) is 29.9 Å². The Morgan fingerprint density at radius 1 is 0.412 bits per heavy atom. The van der Waals surface area contributed by atoms with E-state index in [1.54, 1.807) is 12.5 Å². The van der Waals surface area contributed by atoms with Gasteiger partial charge in [-0.2, -0.15) is 0 Å². The minimum absolute atomic E-state index is 0.589. The van der Waals surface area contributed by atoms with Gasteiger partial charge in [0.05, 0.1) is 17.3 Å². The van der Waals surface area contributed by atoms with Crippen molar-refractivity contribution < 1.29 is 4.42 Å². The maximum Gasteiger partial charge on any atom is 0.164 e. The monoisotopic (exact) mass is 654 g/mol. The molecule has 0 aliphatic rings. The second kappa shape index (κ2) is 11.8. The molecule has 51 heavy (non-hydrogen) atoms. The molecule has 7 heteroatoms. The average Bonchev–Trinajstić information content (AvgIpc) is 3.60. The lowest BCUT2D eigenvalue weighted by molar-refractivity contribution is 0.673. The Bertz CT molecular complexity index is 2890. The molecular weight excluding hydrogens is 629 g/mol. The molecule has 0 saturated carbocycles. The van der Waals surface area contributed by atoms with E-state index in [1.165, 1.54) is 0 Å². The van der Waals surface area contributed by atoms with Crippen LogP contribution in [0.5, 0.6) is 0 Å². The molecule has 7 nitrogen and oxygen atoms in total. The van der Waals surface area contributed by atoms with E-state index in [-0.39, 0.29) is 0 Å². The fourth-order valence-electron chi connectivity index (χ4n) is 6.79. The Labute approximate surface area is 292 Å². The highest BCUT2D eigenvalue weighted by Crippen LogP contribution is 2.40.